The largest absolute Gasteiger partial charge is 0.477 e. The van der Waals surface area contributed by atoms with E-state index in [4.69, 9.17) is 4.74 Å². The van der Waals surface area contributed by atoms with Gasteiger partial charge < -0.3 is 10.1 Å². The molecule has 0 aliphatic carbocycles. The summed E-state index contributed by atoms with van der Waals surface area (Å²) in [7, 11) is 0. The lowest BCUT2D eigenvalue weighted by molar-refractivity contribution is 0.249. The number of fused-ring (bicyclic) bond motifs is 1. The van der Waals surface area contributed by atoms with Crippen LogP contribution in [-0.2, 0) is 6.42 Å². The summed E-state index contributed by atoms with van der Waals surface area (Å²) in [5.41, 5.74) is 0. The van der Waals surface area contributed by atoms with Gasteiger partial charge in [0.25, 0.3) is 0 Å². The summed E-state index contributed by atoms with van der Waals surface area (Å²) < 4.78 is 5.91. The van der Waals surface area contributed by atoms with Gasteiger partial charge in [-0.2, -0.15) is 0 Å². The molecule has 0 saturated carbocycles. The molecule has 1 N–H and O–H groups in total. The third kappa shape index (κ3) is 3.10. The Kier molecular flexibility index (Phi) is 4.47. The molecule has 1 atom stereocenters. The first-order valence-electron chi connectivity index (χ1n) is 7.43. The first-order valence-corrected chi connectivity index (χ1v) is 8.25. The highest BCUT2D eigenvalue weighted by molar-refractivity contribution is 7.18. The van der Waals surface area contributed by atoms with E-state index in [-0.39, 0.29) is 0 Å². The van der Waals surface area contributed by atoms with Crippen LogP contribution in [0.1, 0.15) is 31.1 Å². The molecule has 4 nitrogen and oxygen atoms in total. The highest BCUT2D eigenvalue weighted by Crippen LogP contribution is 2.30. The number of nitrogens with zero attached hydrogens (tertiary/aromatic N) is 2. The zero-order chi connectivity index (χ0) is 13.8. The first-order chi connectivity index (χ1) is 9.86. The number of nitrogens with one attached hydrogen (secondary N) is 1. The summed E-state index contributed by atoms with van der Waals surface area (Å²) in [6.45, 7) is 5.20. The maximum Gasteiger partial charge on any atom is 0.225 e. The minimum absolute atomic E-state index is 0.745. The van der Waals surface area contributed by atoms with Crippen molar-refractivity contribution in [2.24, 2.45) is 5.92 Å². The van der Waals surface area contributed by atoms with Gasteiger partial charge >= 0.3 is 0 Å². The second kappa shape index (κ2) is 6.50. The molecule has 0 amide bonds. The summed E-state index contributed by atoms with van der Waals surface area (Å²) in [4.78, 5) is 11.0. The van der Waals surface area contributed by atoms with Crippen LogP contribution in [0.4, 0.5) is 0 Å². The minimum atomic E-state index is 0.745. The Morgan fingerprint density at radius 1 is 1.45 bits per heavy atom. The molecule has 5 heteroatoms. The molecular formula is C15H21N3OS. The average Bonchev–Trinajstić information content (AvgIpc) is 2.92. The molecule has 1 unspecified atom stereocenters. The van der Waals surface area contributed by atoms with Crippen molar-refractivity contribution in [2.45, 2.75) is 32.6 Å². The summed E-state index contributed by atoms with van der Waals surface area (Å²) >= 11 is 1.73. The van der Waals surface area contributed by atoms with Gasteiger partial charge in [0.15, 0.2) is 0 Å². The number of thiophene rings is 1. The van der Waals surface area contributed by atoms with Crippen LogP contribution < -0.4 is 10.1 Å². The van der Waals surface area contributed by atoms with E-state index in [9.17, 15) is 0 Å². The standard InChI is InChI=1S/C15H21N3OS/c1-2-12-8-13-14(17-10-18-15(13)20-12)19-7-5-11-4-3-6-16-9-11/h8,10-11,16H,2-7,9H2,1H3. The fourth-order valence-corrected chi connectivity index (χ4v) is 3.59. The normalized spacial score (nSPS) is 19.4. The van der Waals surface area contributed by atoms with E-state index in [0.717, 1.165) is 48.0 Å². The Morgan fingerprint density at radius 2 is 2.40 bits per heavy atom. The molecule has 1 fully saturated rings. The lowest BCUT2D eigenvalue weighted by Crippen LogP contribution is -2.30. The molecule has 1 saturated heterocycles. The van der Waals surface area contributed by atoms with Gasteiger partial charge in [-0.1, -0.05) is 6.92 Å². The Balaban J connectivity index is 1.63. The molecule has 2 aromatic rings. The van der Waals surface area contributed by atoms with Crippen LogP contribution in [0.3, 0.4) is 0 Å². The Morgan fingerprint density at radius 3 is 3.20 bits per heavy atom. The summed E-state index contributed by atoms with van der Waals surface area (Å²) in [5, 5.41) is 4.51. The molecule has 20 heavy (non-hydrogen) atoms. The van der Waals surface area contributed by atoms with Gasteiger partial charge in [0, 0.05) is 4.88 Å². The molecule has 3 rings (SSSR count). The number of aromatic nitrogens is 2. The van der Waals surface area contributed by atoms with E-state index >= 15 is 0 Å². The zero-order valence-electron chi connectivity index (χ0n) is 11.9. The lowest BCUT2D eigenvalue weighted by atomic mass is 9.97. The highest BCUT2D eigenvalue weighted by Gasteiger charge is 2.14. The second-order valence-electron chi connectivity index (χ2n) is 5.31. The third-order valence-electron chi connectivity index (χ3n) is 3.86. The molecule has 1 aliphatic rings. The molecule has 0 radical (unpaired) electrons. The summed E-state index contributed by atoms with van der Waals surface area (Å²) in [6.07, 6.45) is 6.34. The van der Waals surface area contributed by atoms with Crippen LogP contribution in [0.15, 0.2) is 12.4 Å². The van der Waals surface area contributed by atoms with Gasteiger partial charge in [-0.3, -0.25) is 0 Å². The molecule has 2 aromatic heterocycles. The first kappa shape index (κ1) is 13.8. The van der Waals surface area contributed by atoms with Crippen LogP contribution in [0.5, 0.6) is 5.88 Å². The van der Waals surface area contributed by atoms with Crippen LogP contribution in [0.2, 0.25) is 0 Å². The minimum Gasteiger partial charge on any atom is -0.477 e. The van der Waals surface area contributed by atoms with E-state index in [1.807, 2.05) is 0 Å². The summed E-state index contributed by atoms with van der Waals surface area (Å²) in [5.74, 6) is 1.49. The van der Waals surface area contributed by atoms with Crippen molar-refractivity contribution in [1.82, 2.24) is 15.3 Å². The van der Waals surface area contributed by atoms with E-state index in [0.29, 0.717) is 0 Å². The number of aryl methyl sites for hydroxylation is 1. The molecule has 1 aliphatic heterocycles. The topological polar surface area (TPSA) is 47.0 Å². The molecular weight excluding hydrogens is 270 g/mol. The van der Waals surface area contributed by atoms with Crippen LogP contribution in [0.25, 0.3) is 10.2 Å². The van der Waals surface area contributed by atoms with E-state index in [1.54, 1.807) is 17.7 Å². The smallest absolute Gasteiger partial charge is 0.225 e. The van der Waals surface area contributed by atoms with Crippen LogP contribution in [0, 0.1) is 5.92 Å². The molecule has 0 bridgehead atoms. The van der Waals surface area contributed by atoms with Gasteiger partial charge in [-0.15, -0.1) is 11.3 Å². The van der Waals surface area contributed by atoms with Gasteiger partial charge in [-0.25, -0.2) is 9.97 Å². The van der Waals surface area contributed by atoms with Gasteiger partial charge in [0.05, 0.1) is 12.0 Å². The fourth-order valence-electron chi connectivity index (χ4n) is 2.67. The van der Waals surface area contributed by atoms with Crippen molar-refractivity contribution in [2.75, 3.05) is 19.7 Å². The highest BCUT2D eigenvalue weighted by atomic mass is 32.1. The number of hydrogen-bond donors (Lipinski definition) is 1. The number of piperidine rings is 1. The van der Waals surface area contributed by atoms with Crippen molar-refractivity contribution < 1.29 is 4.74 Å². The van der Waals surface area contributed by atoms with E-state index in [2.05, 4.69) is 28.3 Å². The van der Waals surface area contributed by atoms with Crippen molar-refractivity contribution in [3.63, 3.8) is 0 Å². The van der Waals surface area contributed by atoms with E-state index in [1.165, 1.54) is 24.3 Å². The van der Waals surface area contributed by atoms with E-state index < -0.39 is 0 Å². The molecule has 108 valence electrons. The van der Waals surface area contributed by atoms with Gasteiger partial charge in [0.1, 0.15) is 11.2 Å². The van der Waals surface area contributed by atoms with Gasteiger partial charge in [-0.05, 0) is 50.8 Å². The molecule has 0 spiro atoms. The van der Waals surface area contributed by atoms with Gasteiger partial charge in [0.2, 0.25) is 5.88 Å². The molecule has 0 aromatic carbocycles. The number of rotatable bonds is 5. The van der Waals surface area contributed by atoms with Crippen LogP contribution >= 0.6 is 11.3 Å². The monoisotopic (exact) mass is 291 g/mol. The van der Waals surface area contributed by atoms with Crippen molar-refractivity contribution in [3.05, 3.63) is 17.3 Å². The summed E-state index contributed by atoms with van der Waals surface area (Å²) in [6, 6.07) is 2.16. The number of ether oxygens (including phenoxy) is 1. The maximum absolute atomic E-state index is 5.91. The van der Waals surface area contributed by atoms with Crippen LogP contribution in [-0.4, -0.2) is 29.7 Å². The molecule has 3 heterocycles. The van der Waals surface area contributed by atoms with Crippen molar-refractivity contribution in [3.8, 4) is 5.88 Å². The number of hydrogen-bond acceptors (Lipinski definition) is 5. The lowest BCUT2D eigenvalue weighted by Gasteiger charge is -2.22. The average molecular weight is 291 g/mol. The van der Waals surface area contributed by atoms with Crippen molar-refractivity contribution >= 4 is 21.6 Å². The quantitative estimate of drug-likeness (QED) is 0.920. The Hall–Kier alpha value is -1.20. The SMILES string of the molecule is CCc1cc2c(OCCC3CCCNC3)ncnc2s1. The second-order valence-corrected chi connectivity index (χ2v) is 6.43. The maximum atomic E-state index is 5.91. The fraction of sp³-hybridized carbons (Fsp3) is 0.600. The Bertz CT molecular complexity index is 563. The predicted molar refractivity (Wildman–Crippen MR) is 82.5 cm³/mol. The zero-order valence-corrected chi connectivity index (χ0v) is 12.7. The van der Waals surface area contributed by atoms with Crippen molar-refractivity contribution in [1.29, 1.82) is 0 Å². The third-order valence-corrected chi connectivity index (χ3v) is 5.04. The predicted octanol–water partition coefficient (Wildman–Crippen LogP) is 3.02. The Labute approximate surface area is 123 Å².